The second kappa shape index (κ2) is 5.77. The van der Waals surface area contributed by atoms with Crippen LogP contribution in [0.2, 0.25) is 0 Å². The van der Waals surface area contributed by atoms with Crippen molar-refractivity contribution in [3.8, 4) is 5.75 Å². The van der Waals surface area contributed by atoms with Gasteiger partial charge < -0.3 is 9.64 Å². The third kappa shape index (κ3) is 2.46. The maximum absolute atomic E-state index is 6.51. The Labute approximate surface area is 123 Å². The molecule has 0 saturated heterocycles. The van der Waals surface area contributed by atoms with Gasteiger partial charge in [0.15, 0.2) is 0 Å². The second-order valence-corrected chi connectivity index (χ2v) is 6.38. The molecule has 1 aromatic carbocycles. The van der Waals surface area contributed by atoms with Crippen LogP contribution in [0.1, 0.15) is 45.1 Å². The van der Waals surface area contributed by atoms with Crippen LogP contribution in [-0.4, -0.2) is 30.1 Å². The lowest BCUT2D eigenvalue weighted by Crippen LogP contribution is -2.49. The Balaban J connectivity index is 1.80. The smallest absolute Gasteiger partial charge is 0.123 e. The number of nitrogens with zero attached hydrogens (tertiary/aromatic N) is 1. The lowest BCUT2D eigenvalue weighted by atomic mass is 9.73. The predicted octanol–water partition coefficient (Wildman–Crippen LogP) is 3.89. The van der Waals surface area contributed by atoms with Crippen LogP contribution in [0.3, 0.4) is 0 Å². The number of ether oxygens (including phenoxy) is 1. The van der Waals surface area contributed by atoms with Crippen molar-refractivity contribution < 1.29 is 4.74 Å². The fourth-order valence-electron chi connectivity index (χ4n) is 4.03. The fourth-order valence-corrected chi connectivity index (χ4v) is 4.03. The van der Waals surface area contributed by atoms with E-state index >= 15 is 0 Å². The average Bonchev–Trinajstić information content (AvgIpc) is 2.85. The van der Waals surface area contributed by atoms with Crippen molar-refractivity contribution in [2.24, 2.45) is 5.92 Å². The van der Waals surface area contributed by atoms with Crippen molar-refractivity contribution in [3.63, 3.8) is 0 Å². The molecule has 2 nitrogen and oxygen atoms in total. The number of fused-ring (bicyclic) bond motifs is 1. The summed E-state index contributed by atoms with van der Waals surface area (Å²) < 4.78 is 6.51. The van der Waals surface area contributed by atoms with Gasteiger partial charge in [0.2, 0.25) is 0 Å². The zero-order valence-electron chi connectivity index (χ0n) is 12.9. The van der Waals surface area contributed by atoms with E-state index in [1.54, 1.807) is 0 Å². The van der Waals surface area contributed by atoms with Crippen LogP contribution >= 0.6 is 0 Å². The summed E-state index contributed by atoms with van der Waals surface area (Å²) in [5.41, 5.74) is 1.50. The van der Waals surface area contributed by atoms with Gasteiger partial charge >= 0.3 is 0 Å². The summed E-state index contributed by atoms with van der Waals surface area (Å²) in [7, 11) is 0. The third-order valence-electron chi connectivity index (χ3n) is 5.30. The zero-order chi connectivity index (χ0) is 14.0. The first-order chi connectivity index (χ1) is 9.77. The van der Waals surface area contributed by atoms with Gasteiger partial charge in [0.25, 0.3) is 0 Å². The molecule has 3 rings (SSSR count). The highest BCUT2D eigenvalue weighted by molar-refractivity contribution is 5.39. The van der Waals surface area contributed by atoms with E-state index in [9.17, 15) is 0 Å². The predicted molar refractivity (Wildman–Crippen MR) is 83.3 cm³/mol. The molecule has 1 saturated carbocycles. The molecule has 1 spiro atoms. The van der Waals surface area contributed by atoms with Crippen molar-refractivity contribution in [1.82, 2.24) is 4.90 Å². The van der Waals surface area contributed by atoms with E-state index in [0.29, 0.717) is 5.92 Å². The largest absolute Gasteiger partial charge is 0.486 e. The van der Waals surface area contributed by atoms with E-state index in [1.165, 1.54) is 37.8 Å². The van der Waals surface area contributed by atoms with E-state index in [1.807, 2.05) is 0 Å². The van der Waals surface area contributed by atoms with Crippen LogP contribution < -0.4 is 4.74 Å². The first-order valence-corrected chi connectivity index (χ1v) is 8.26. The normalized spacial score (nSPS) is 28.6. The summed E-state index contributed by atoms with van der Waals surface area (Å²) in [5, 5.41) is 0. The zero-order valence-corrected chi connectivity index (χ0v) is 12.9. The van der Waals surface area contributed by atoms with Crippen LogP contribution in [0.25, 0.3) is 0 Å². The second-order valence-electron chi connectivity index (χ2n) is 6.38. The molecule has 1 fully saturated rings. The van der Waals surface area contributed by atoms with Crippen LogP contribution in [0.15, 0.2) is 24.3 Å². The van der Waals surface area contributed by atoms with Gasteiger partial charge in [-0.25, -0.2) is 0 Å². The molecule has 0 unspecified atom stereocenters. The standard InChI is InChI=1S/C18H27NO/c1-3-19(4-2)14-16-10-7-8-12-18(16)13-15-9-5-6-11-17(15)20-18/h5-6,9,11,16H,3-4,7-8,10,12-14H2,1-2H3/t16-,18+/m1/s1. The summed E-state index contributed by atoms with van der Waals surface area (Å²) >= 11 is 0. The molecule has 2 aliphatic rings. The Bertz CT molecular complexity index is 427. The molecule has 1 aliphatic heterocycles. The molecule has 1 heterocycles. The molecule has 2 heteroatoms. The molecule has 2 atom stereocenters. The highest BCUT2D eigenvalue weighted by atomic mass is 16.5. The van der Waals surface area contributed by atoms with Crippen LogP contribution in [0.5, 0.6) is 5.75 Å². The van der Waals surface area contributed by atoms with Crippen LogP contribution in [0.4, 0.5) is 0 Å². The molecule has 1 aliphatic carbocycles. The average molecular weight is 273 g/mol. The van der Waals surface area contributed by atoms with Crippen molar-refractivity contribution in [2.75, 3.05) is 19.6 Å². The van der Waals surface area contributed by atoms with Crippen molar-refractivity contribution in [1.29, 1.82) is 0 Å². The van der Waals surface area contributed by atoms with Gasteiger partial charge in [0.1, 0.15) is 11.4 Å². The molecule has 20 heavy (non-hydrogen) atoms. The van der Waals surface area contributed by atoms with E-state index in [0.717, 1.165) is 25.3 Å². The van der Waals surface area contributed by atoms with Gasteiger partial charge in [0.05, 0.1) is 0 Å². The molecule has 0 aromatic heterocycles. The Kier molecular flexibility index (Phi) is 4.02. The van der Waals surface area contributed by atoms with Gasteiger partial charge in [-0.1, -0.05) is 38.5 Å². The number of para-hydroxylation sites is 1. The Hall–Kier alpha value is -1.02. The first-order valence-electron chi connectivity index (χ1n) is 8.26. The number of hydrogen-bond acceptors (Lipinski definition) is 2. The Morgan fingerprint density at radius 1 is 1.20 bits per heavy atom. The maximum Gasteiger partial charge on any atom is 0.123 e. The first kappa shape index (κ1) is 13.9. The molecule has 0 amide bonds. The Morgan fingerprint density at radius 2 is 2.00 bits per heavy atom. The summed E-state index contributed by atoms with van der Waals surface area (Å²) in [5.74, 6) is 1.82. The molecule has 1 aromatic rings. The maximum atomic E-state index is 6.51. The monoisotopic (exact) mass is 273 g/mol. The molecule has 0 radical (unpaired) electrons. The van der Waals surface area contributed by atoms with Crippen LogP contribution in [-0.2, 0) is 6.42 Å². The van der Waals surface area contributed by atoms with Gasteiger partial charge in [-0.15, -0.1) is 0 Å². The quantitative estimate of drug-likeness (QED) is 0.825. The molecular weight excluding hydrogens is 246 g/mol. The van der Waals surface area contributed by atoms with E-state index in [-0.39, 0.29) is 5.60 Å². The topological polar surface area (TPSA) is 12.5 Å². The van der Waals surface area contributed by atoms with E-state index in [2.05, 4.69) is 43.0 Å². The lowest BCUT2D eigenvalue weighted by Gasteiger charge is -2.42. The summed E-state index contributed by atoms with van der Waals surface area (Å²) in [4.78, 5) is 2.56. The van der Waals surface area contributed by atoms with Crippen molar-refractivity contribution in [2.45, 2.75) is 51.6 Å². The number of hydrogen-bond donors (Lipinski definition) is 0. The lowest BCUT2D eigenvalue weighted by molar-refractivity contribution is -0.0192. The summed E-state index contributed by atoms with van der Waals surface area (Å²) in [6.45, 7) is 8.03. The highest BCUT2D eigenvalue weighted by Crippen LogP contribution is 2.46. The SMILES string of the molecule is CCN(CC)C[C@H]1CCCC[C@]12Cc1ccccc1O2. The fraction of sp³-hybridized carbons (Fsp3) is 0.667. The minimum absolute atomic E-state index is 0.0878. The summed E-state index contributed by atoms with van der Waals surface area (Å²) in [6.07, 6.45) is 6.36. The molecular formula is C18H27NO. The Morgan fingerprint density at radius 3 is 2.75 bits per heavy atom. The minimum Gasteiger partial charge on any atom is -0.486 e. The van der Waals surface area contributed by atoms with Gasteiger partial charge in [-0.05, 0) is 44.0 Å². The van der Waals surface area contributed by atoms with Gasteiger partial charge in [-0.3, -0.25) is 0 Å². The highest BCUT2D eigenvalue weighted by Gasteiger charge is 2.47. The van der Waals surface area contributed by atoms with Crippen LogP contribution in [0, 0.1) is 5.92 Å². The van der Waals surface area contributed by atoms with E-state index in [4.69, 9.17) is 4.74 Å². The van der Waals surface area contributed by atoms with E-state index < -0.39 is 0 Å². The number of benzene rings is 1. The minimum atomic E-state index is 0.0878. The third-order valence-corrected chi connectivity index (χ3v) is 5.30. The van der Waals surface area contributed by atoms with Crippen molar-refractivity contribution in [3.05, 3.63) is 29.8 Å². The molecule has 110 valence electrons. The molecule has 0 N–H and O–H groups in total. The van der Waals surface area contributed by atoms with Gasteiger partial charge in [-0.2, -0.15) is 0 Å². The van der Waals surface area contributed by atoms with Gasteiger partial charge in [0, 0.05) is 18.9 Å². The number of rotatable bonds is 4. The molecule has 0 bridgehead atoms. The van der Waals surface area contributed by atoms with Crippen molar-refractivity contribution >= 4 is 0 Å². The summed E-state index contributed by atoms with van der Waals surface area (Å²) in [6, 6.07) is 8.63.